The number of hydrogen-bond acceptors (Lipinski definition) is 3. The second kappa shape index (κ2) is 12.0. The maximum absolute atomic E-state index is 10.0. The van der Waals surface area contributed by atoms with E-state index in [1.165, 1.54) is 19.3 Å². The lowest BCUT2D eigenvalue weighted by Gasteiger charge is -1.99. The lowest BCUT2D eigenvalue weighted by Crippen LogP contribution is -1.93. The van der Waals surface area contributed by atoms with Gasteiger partial charge in [-0.25, -0.2) is 0 Å². The lowest BCUT2D eigenvalue weighted by atomic mass is 10.1. The monoisotopic (exact) mass is 515 g/mol. The third kappa shape index (κ3) is 9.90. The molecule has 0 aromatic heterocycles. The number of hydrogen-bond donors (Lipinski definition) is 2. The topological polar surface area (TPSA) is 81.3 Å². The van der Waals surface area contributed by atoms with Crippen molar-refractivity contribution >= 4 is 51.2 Å². The molecule has 0 amide bonds. The molecule has 116 valence electrons. The predicted molar refractivity (Wildman–Crippen MR) is 99.3 cm³/mol. The van der Waals surface area contributed by atoms with Crippen molar-refractivity contribution in [1.29, 1.82) is 5.26 Å². The van der Waals surface area contributed by atoms with Crippen LogP contribution in [0.2, 0.25) is 0 Å². The van der Waals surface area contributed by atoms with Crippen LogP contribution in [0.3, 0.4) is 0 Å². The van der Waals surface area contributed by atoms with Gasteiger partial charge in [0.15, 0.2) is 0 Å². The number of nitriles is 1. The average Bonchev–Trinajstić information content (AvgIpc) is 2.44. The summed E-state index contributed by atoms with van der Waals surface area (Å²) in [6.45, 7) is 2.15. The molecule has 6 heteroatoms. The van der Waals surface area contributed by atoms with Gasteiger partial charge in [-0.2, -0.15) is 5.26 Å². The number of aliphatic carboxylic acids is 1. The molecule has 0 saturated heterocycles. The van der Waals surface area contributed by atoms with E-state index in [0.29, 0.717) is 19.1 Å². The van der Waals surface area contributed by atoms with Crippen LogP contribution in [0.1, 0.15) is 51.0 Å². The van der Waals surface area contributed by atoms with E-state index < -0.39 is 5.97 Å². The van der Waals surface area contributed by atoms with Crippen LogP contribution >= 0.6 is 45.2 Å². The van der Waals surface area contributed by atoms with Gasteiger partial charge in [0.2, 0.25) is 0 Å². The molecular weight excluding hydrogens is 496 g/mol. The molecule has 0 bridgehead atoms. The summed E-state index contributed by atoms with van der Waals surface area (Å²) < 4.78 is 1.43. The van der Waals surface area contributed by atoms with Crippen molar-refractivity contribution < 1.29 is 15.0 Å². The molecule has 0 radical (unpaired) electrons. The molecular formula is C15H19I2NO3. The Kier molecular flexibility index (Phi) is 11.7. The second-order valence-corrected chi connectivity index (χ2v) is 6.78. The molecule has 1 aromatic rings. The minimum atomic E-state index is -0.670. The molecule has 2 N–H and O–H groups in total. The summed E-state index contributed by atoms with van der Waals surface area (Å²) in [4.78, 5) is 10.0. The van der Waals surface area contributed by atoms with Crippen LogP contribution < -0.4 is 0 Å². The van der Waals surface area contributed by atoms with Gasteiger partial charge in [-0.15, -0.1) is 0 Å². The number of nitrogens with zero attached hydrogens (tertiary/aromatic N) is 1. The summed E-state index contributed by atoms with van der Waals surface area (Å²) in [5.74, 6) is -0.415. The minimum Gasteiger partial charge on any atom is -0.506 e. The van der Waals surface area contributed by atoms with E-state index in [2.05, 4.69) is 6.92 Å². The molecule has 0 aliphatic rings. The Morgan fingerprint density at radius 2 is 1.71 bits per heavy atom. The second-order valence-electron chi connectivity index (χ2n) is 4.46. The van der Waals surface area contributed by atoms with E-state index in [1.54, 1.807) is 12.1 Å². The number of carbonyl (C=O) groups is 1. The number of benzene rings is 1. The summed E-state index contributed by atoms with van der Waals surface area (Å²) in [6, 6.07) is 5.32. The first-order chi connectivity index (χ1) is 9.92. The van der Waals surface area contributed by atoms with Gasteiger partial charge >= 0.3 is 5.97 Å². The smallest absolute Gasteiger partial charge is 0.303 e. The summed E-state index contributed by atoms with van der Waals surface area (Å²) in [5.41, 5.74) is 0.580. The highest BCUT2D eigenvalue weighted by atomic mass is 127. The highest BCUT2D eigenvalue weighted by Crippen LogP contribution is 2.26. The summed E-state index contributed by atoms with van der Waals surface area (Å²) in [6.07, 6.45) is 5.88. The Labute approximate surface area is 152 Å². The van der Waals surface area contributed by atoms with Gasteiger partial charge in [0.05, 0.1) is 18.8 Å². The molecule has 1 aromatic carbocycles. The maximum atomic E-state index is 10.0. The predicted octanol–water partition coefficient (Wildman–Crippen LogP) is 4.90. The SMILES string of the molecule is CCCCCCCC(=O)O.N#Cc1cc(I)c(O)c(I)c1. The van der Waals surface area contributed by atoms with Gasteiger partial charge in [-0.05, 0) is 63.7 Å². The first kappa shape index (κ1) is 20.4. The molecule has 0 aliphatic carbocycles. The molecule has 21 heavy (non-hydrogen) atoms. The van der Waals surface area contributed by atoms with Crippen LogP contribution in [0.15, 0.2) is 12.1 Å². The molecule has 1 rings (SSSR count). The van der Waals surface area contributed by atoms with Crippen molar-refractivity contribution in [1.82, 2.24) is 0 Å². The highest BCUT2D eigenvalue weighted by Gasteiger charge is 2.04. The normalized spacial score (nSPS) is 9.43. The largest absolute Gasteiger partial charge is 0.506 e. The van der Waals surface area contributed by atoms with Crippen molar-refractivity contribution in [3.8, 4) is 11.8 Å². The molecule has 4 nitrogen and oxygen atoms in total. The summed E-state index contributed by atoms with van der Waals surface area (Å²) in [7, 11) is 0. The maximum Gasteiger partial charge on any atom is 0.303 e. The van der Waals surface area contributed by atoms with Gasteiger partial charge in [0.25, 0.3) is 0 Å². The van der Waals surface area contributed by atoms with Crippen LogP contribution in [0.25, 0.3) is 0 Å². The fraction of sp³-hybridized carbons (Fsp3) is 0.467. The van der Waals surface area contributed by atoms with E-state index in [0.717, 1.165) is 12.8 Å². The molecule has 0 saturated carbocycles. The van der Waals surface area contributed by atoms with E-state index in [-0.39, 0.29) is 5.75 Å². The number of aromatic hydroxyl groups is 1. The summed E-state index contributed by atoms with van der Waals surface area (Å²) in [5, 5.41) is 26.1. The number of carboxylic acid groups (broad SMARTS) is 1. The van der Waals surface area contributed by atoms with Gasteiger partial charge in [-0.1, -0.05) is 32.6 Å². The third-order valence-corrected chi connectivity index (χ3v) is 4.28. The molecule has 0 spiro atoms. The van der Waals surface area contributed by atoms with Gasteiger partial charge in [-0.3, -0.25) is 4.79 Å². The summed E-state index contributed by atoms with van der Waals surface area (Å²) >= 11 is 3.99. The zero-order valence-corrected chi connectivity index (χ0v) is 16.2. The fourth-order valence-corrected chi connectivity index (χ4v) is 3.28. The van der Waals surface area contributed by atoms with Crippen molar-refractivity contribution in [2.75, 3.05) is 0 Å². The van der Waals surface area contributed by atoms with Gasteiger partial charge < -0.3 is 10.2 Å². The number of halogens is 2. The standard InChI is InChI=1S/C8H16O2.C7H3I2NO/c1-2-3-4-5-6-7-8(9)10;8-5-1-4(3-10)2-6(9)7(5)11/h2-7H2,1H3,(H,9,10);1-2,11H. The first-order valence-corrected chi connectivity index (χ1v) is 8.88. The molecule has 0 fully saturated rings. The van der Waals surface area contributed by atoms with Crippen LogP contribution in [0.5, 0.6) is 5.75 Å². The first-order valence-electron chi connectivity index (χ1n) is 6.72. The van der Waals surface area contributed by atoms with Gasteiger partial charge in [0, 0.05) is 6.42 Å². The van der Waals surface area contributed by atoms with Crippen molar-refractivity contribution in [2.24, 2.45) is 0 Å². The van der Waals surface area contributed by atoms with E-state index in [1.807, 2.05) is 51.3 Å². The number of unbranched alkanes of at least 4 members (excludes halogenated alkanes) is 4. The molecule has 0 unspecified atom stereocenters. The zero-order chi connectivity index (χ0) is 16.3. The van der Waals surface area contributed by atoms with Crippen LogP contribution in [-0.2, 0) is 4.79 Å². The van der Waals surface area contributed by atoms with Crippen molar-refractivity contribution in [2.45, 2.75) is 45.4 Å². The van der Waals surface area contributed by atoms with Gasteiger partial charge in [0.1, 0.15) is 5.75 Å². The van der Waals surface area contributed by atoms with E-state index in [4.69, 9.17) is 10.4 Å². The number of phenols is 1. The molecule has 0 atom stereocenters. The minimum absolute atomic E-state index is 0.255. The Hall–Kier alpha value is -0.560. The number of phenolic OH excluding ortho intramolecular Hbond substituents is 1. The highest BCUT2D eigenvalue weighted by molar-refractivity contribution is 14.1. The van der Waals surface area contributed by atoms with Crippen LogP contribution in [0.4, 0.5) is 0 Å². The Bertz CT molecular complexity index is 475. The fourth-order valence-electron chi connectivity index (χ4n) is 1.51. The third-order valence-electron chi connectivity index (χ3n) is 2.64. The van der Waals surface area contributed by atoms with Crippen LogP contribution in [0, 0.1) is 18.5 Å². The number of carboxylic acids is 1. The zero-order valence-electron chi connectivity index (χ0n) is 11.9. The molecule has 0 heterocycles. The Morgan fingerprint density at radius 1 is 1.19 bits per heavy atom. The van der Waals surface area contributed by atoms with E-state index >= 15 is 0 Å². The lowest BCUT2D eigenvalue weighted by molar-refractivity contribution is -0.137. The quantitative estimate of drug-likeness (QED) is 0.417. The van der Waals surface area contributed by atoms with Crippen LogP contribution in [-0.4, -0.2) is 16.2 Å². The van der Waals surface area contributed by atoms with Crippen molar-refractivity contribution in [3.05, 3.63) is 24.8 Å². The van der Waals surface area contributed by atoms with Crippen molar-refractivity contribution in [3.63, 3.8) is 0 Å². The molecule has 0 aliphatic heterocycles. The average molecular weight is 515 g/mol. The Balaban J connectivity index is 0.000000384. The van der Waals surface area contributed by atoms with E-state index in [9.17, 15) is 9.90 Å². The number of rotatable bonds is 6. The Morgan fingerprint density at radius 3 is 2.14 bits per heavy atom.